The second-order valence-electron chi connectivity index (χ2n) is 3.48. The summed E-state index contributed by atoms with van der Waals surface area (Å²) in [4.78, 5) is 12.0. The average Bonchev–Trinajstić information content (AvgIpc) is 2.87. The van der Waals surface area contributed by atoms with E-state index in [1.807, 2.05) is 0 Å². The van der Waals surface area contributed by atoms with Gasteiger partial charge in [-0.15, -0.1) is 0 Å². The maximum atomic E-state index is 12.0. The van der Waals surface area contributed by atoms with Crippen LogP contribution in [0.2, 0.25) is 0 Å². The molecule has 0 aliphatic carbocycles. The van der Waals surface area contributed by atoms with E-state index in [4.69, 9.17) is 14.2 Å². The van der Waals surface area contributed by atoms with Crippen LogP contribution in [-0.4, -0.2) is 42.2 Å². The fourth-order valence-electron chi connectivity index (χ4n) is 1.66. The molecule has 16 heavy (non-hydrogen) atoms. The van der Waals surface area contributed by atoms with Crippen molar-refractivity contribution in [2.75, 3.05) is 20.3 Å². The van der Waals surface area contributed by atoms with Crippen molar-refractivity contribution in [3.05, 3.63) is 11.9 Å². The Hall–Kier alpha value is -1.40. The summed E-state index contributed by atoms with van der Waals surface area (Å²) >= 11 is 0. The first-order valence-electron chi connectivity index (χ1n) is 5.04. The second-order valence-corrected chi connectivity index (χ2v) is 3.48. The zero-order chi connectivity index (χ0) is 11.5. The van der Waals surface area contributed by atoms with Crippen LogP contribution in [-0.2, 0) is 16.5 Å². The number of ketones is 1. The molecule has 1 fully saturated rings. The Morgan fingerprint density at radius 3 is 2.94 bits per heavy atom. The van der Waals surface area contributed by atoms with Crippen molar-refractivity contribution in [3.8, 4) is 5.75 Å². The standard InChI is InChI=1S/C10H14N2O4/c1-12-10(8(14-2)6-11-12)7(13)5-9-15-3-4-16-9/h6,9H,3-5H2,1-2H3. The van der Waals surface area contributed by atoms with E-state index in [9.17, 15) is 4.79 Å². The SMILES string of the molecule is COc1cnn(C)c1C(=O)CC1OCCO1. The van der Waals surface area contributed by atoms with Gasteiger partial charge in [-0.3, -0.25) is 9.48 Å². The maximum Gasteiger partial charge on any atom is 0.189 e. The lowest BCUT2D eigenvalue weighted by molar-refractivity contribution is -0.0409. The lowest BCUT2D eigenvalue weighted by Crippen LogP contribution is -2.17. The molecule has 0 N–H and O–H groups in total. The summed E-state index contributed by atoms with van der Waals surface area (Å²) in [5, 5.41) is 3.97. The molecule has 1 aromatic rings. The lowest BCUT2D eigenvalue weighted by atomic mass is 10.2. The van der Waals surface area contributed by atoms with E-state index in [0.717, 1.165) is 0 Å². The molecule has 1 aliphatic heterocycles. The molecular weight excluding hydrogens is 212 g/mol. The molecule has 0 aromatic carbocycles. The summed E-state index contributed by atoms with van der Waals surface area (Å²) in [6, 6.07) is 0. The van der Waals surface area contributed by atoms with E-state index in [0.29, 0.717) is 24.7 Å². The van der Waals surface area contributed by atoms with Crippen LogP contribution in [0.5, 0.6) is 5.75 Å². The van der Waals surface area contributed by atoms with Crippen molar-refractivity contribution in [3.63, 3.8) is 0 Å². The molecule has 0 saturated carbocycles. The number of aryl methyl sites for hydroxylation is 1. The quantitative estimate of drug-likeness (QED) is 0.694. The van der Waals surface area contributed by atoms with Crippen molar-refractivity contribution in [2.24, 2.45) is 7.05 Å². The Morgan fingerprint density at radius 2 is 2.31 bits per heavy atom. The van der Waals surface area contributed by atoms with Crippen LogP contribution in [0.25, 0.3) is 0 Å². The van der Waals surface area contributed by atoms with Gasteiger partial charge >= 0.3 is 0 Å². The third kappa shape index (κ3) is 2.07. The third-order valence-electron chi connectivity index (χ3n) is 2.43. The topological polar surface area (TPSA) is 62.6 Å². The smallest absolute Gasteiger partial charge is 0.189 e. The minimum Gasteiger partial charge on any atom is -0.493 e. The monoisotopic (exact) mass is 226 g/mol. The zero-order valence-electron chi connectivity index (χ0n) is 9.30. The van der Waals surface area contributed by atoms with E-state index < -0.39 is 6.29 Å². The Kier molecular flexibility index (Phi) is 3.21. The molecule has 6 nitrogen and oxygen atoms in total. The highest BCUT2D eigenvalue weighted by molar-refractivity contribution is 5.97. The summed E-state index contributed by atoms with van der Waals surface area (Å²) in [6.45, 7) is 1.08. The van der Waals surface area contributed by atoms with Gasteiger partial charge in [-0.2, -0.15) is 5.10 Å². The molecule has 6 heteroatoms. The predicted octanol–water partition coefficient (Wildman–Crippen LogP) is 0.374. The van der Waals surface area contributed by atoms with Crippen LogP contribution in [0.1, 0.15) is 16.9 Å². The molecule has 0 radical (unpaired) electrons. The van der Waals surface area contributed by atoms with Crippen LogP contribution in [0.4, 0.5) is 0 Å². The molecular formula is C10H14N2O4. The fraction of sp³-hybridized carbons (Fsp3) is 0.600. The van der Waals surface area contributed by atoms with E-state index in [2.05, 4.69) is 5.10 Å². The van der Waals surface area contributed by atoms with Gasteiger partial charge in [-0.1, -0.05) is 0 Å². The number of aromatic nitrogens is 2. The highest BCUT2D eigenvalue weighted by Gasteiger charge is 2.24. The Balaban J connectivity index is 2.10. The van der Waals surface area contributed by atoms with Crippen molar-refractivity contribution in [1.29, 1.82) is 0 Å². The average molecular weight is 226 g/mol. The molecule has 2 rings (SSSR count). The highest BCUT2D eigenvalue weighted by atomic mass is 16.7. The van der Waals surface area contributed by atoms with E-state index in [1.165, 1.54) is 18.0 Å². The van der Waals surface area contributed by atoms with Crippen molar-refractivity contribution < 1.29 is 19.0 Å². The number of methoxy groups -OCH3 is 1. The van der Waals surface area contributed by atoms with E-state index in [1.54, 1.807) is 7.05 Å². The third-order valence-corrected chi connectivity index (χ3v) is 2.43. The number of hydrogen-bond donors (Lipinski definition) is 0. The number of ether oxygens (including phenoxy) is 3. The molecule has 1 aliphatic rings. The largest absolute Gasteiger partial charge is 0.493 e. The van der Waals surface area contributed by atoms with Gasteiger partial charge in [0, 0.05) is 7.05 Å². The normalized spacial score (nSPS) is 16.6. The first-order valence-corrected chi connectivity index (χ1v) is 5.04. The molecule has 88 valence electrons. The number of rotatable bonds is 4. The minimum atomic E-state index is -0.438. The molecule has 0 spiro atoms. The van der Waals surface area contributed by atoms with Gasteiger partial charge in [0.25, 0.3) is 0 Å². The van der Waals surface area contributed by atoms with Crippen LogP contribution in [0.3, 0.4) is 0 Å². The molecule has 0 unspecified atom stereocenters. The van der Waals surface area contributed by atoms with Gasteiger partial charge in [0.1, 0.15) is 5.69 Å². The zero-order valence-corrected chi connectivity index (χ0v) is 9.30. The number of hydrogen-bond acceptors (Lipinski definition) is 5. The van der Waals surface area contributed by atoms with Gasteiger partial charge in [-0.05, 0) is 0 Å². The summed E-state index contributed by atoms with van der Waals surface area (Å²) < 4.78 is 17.0. The number of nitrogens with zero attached hydrogens (tertiary/aromatic N) is 2. The first-order chi connectivity index (χ1) is 7.72. The Morgan fingerprint density at radius 1 is 1.62 bits per heavy atom. The summed E-state index contributed by atoms with van der Waals surface area (Å²) in [5.41, 5.74) is 0.446. The van der Waals surface area contributed by atoms with Crippen molar-refractivity contribution in [1.82, 2.24) is 9.78 Å². The number of carbonyl (C=O) groups is 1. The molecule has 0 atom stereocenters. The lowest BCUT2D eigenvalue weighted by Gasteiger charge is -2.08. The van der Waals surface area contributed by atoms with Crippen molar-refractivity contribution >= 4 is 5.78 Å². The van der Waals surface area contributed by atoms with E-state index in [-0.39, 0.29) is 12.2 Å². The highest BCUT2D eigenvalue weighted by Crippen LogP contribution is 2.20. The Labute approximate surface area is 93.1 Å². The predicted molar refractivity (Wildman–Crippen MR) is 54.4 cm³/mol. The Bertz CT molecular complexity index is 382. The molecule has 0 amide bonds. The van der Waals surface area contributed by atoms with Gasteiger partial charge in [0.05, 0.1) is 32.9 Å². The van der Waals surface area contributed by atoms with Gasteiger partial charge in [0.15, 0.2) is 17.8 Å². The number of Topliss-reactive ketones (excluding diaryl/α,β-unsaturated/α-hetero) is 1. The van der Waals surface area contributed by atoms with Crippen LogP contribution in [0.15, 0.2) is 6.20 Å². The van der Waals surface area contributed by atoms with E-state index >= 15 is 0 Å². The van der Waals surface area contributed by atoms with Crippen molar-refractivity contribution in [2.45, 2.75) is 12.7 Å². The fourth-order valence-corrected chi connectivity index (χ4v) is 1.66. The minimum absolute atomic E-state index is 0.0937. The second kappa shape index (κ2) is 4.63. The van der Waals surface area contributed by atoms with Gasteiger partial charge in [-0.25, -0.2) is 0 Å². The summed E-state index contributed by atoms with van der Waals surface area (Å²) in [5.74, 6) is 0.384. The summed E-state index contributed by atoms with van der Waals surface area (Å²) in [6.07, 6.45) is 1.27. The molecule has 0 bridgehead atoms. The van der Waals surface area contributed by atoms with Crippen LogP contribution < -0.4 is 4.74 Å². The molecule has 1 saturated heterocycles. The van der Waals surface area contributed by atoms with Gasteiger partial charge < -0.3 is 14.2 Å². The number of carbonyl (C=O) groups excluding carboxylic acids is 1. The maximum absolute atomic E-state index is 12.0. The first kappa shape index (κ1) is 11.1. The van der Waals surface area contributed by atoms with Crippen LogP contribution in [0, 0.1) is 0 Å². The van der Waals surface area contributed by atoms with Gasteiger partial charge in [0.2, 0.25) is 0 Å². The van der Waals surface area contributed by atoms with Crippen LogP contribution >= 0.6 is 0 Å². The molecule has 1 aromatic heterocycles. The molecule has 2 heterocycles. The summed E-state index contributed by atoms with van der Waals surface area (Å²) in [7, 11) is 3.21.